The molecular formula is C6H9F5S. The first kappa shape index (κ1) is 14.3. The smallest absolute Gasteiger partial charge is 0.173 e. The van der Waals surface area contributed by atoms with Gasteiger partial charge < -0.3 is 0 Å². The summed E-state index contributed by atoms with van der Waals surface area (Å²) in [6.07, 6.45) is -3.48. The molecule has 0 spiro atoms. The molecule has 0 nitrogen and oxygen atoms in total. The Bertz CT molecular complexity index is 145. The maximum absolute atomic E-state index is 11.2. The summed E-state index contributed by atoms with van der Waals surface area (Å²) in [5, 5.41) is 0. The van der Waals surface area contributed by atoms with E-state index < -0.39 is 17.8 Å². The van der Waals surface area contributed by atoms with E-state index in [-0.39, 0.29) is 0 Å². The molecule has 0 atom stereocenters. The summed E-state index contributed by atoms with van der Waals surface area (Å²) in [6.45, 7) is 0.329. The van der Waals surface area contributed by atoms with Crippen molar-refractivity contribution in [2.75, 3.05) is 12.5 Å². The highest BCUT2D eigenvalue weighted by Gasteiger charge is 2.33. The Morgan fingerprint density at radius 2 is 1.33 bits per heavy atom. The van der Waals surface area contributed by atoms with Crippen molar-refractivity contribution < 1.29 is 22.0 Å². The van der Waals surface area contributed by atoms with E-state index in [1.165, 1.54) is 0 Å². The van der Waals surface area contributed by atoms with Gasteiger partial charge in [0, 0.05) is 0 Å². The van der Waals surface area contributed by atoms with Crippen LogP contribution in [0.1, 0.15) is 6.92 Å². The van der Waals surface area contributed by atoms with Gasteiger partial charge in [0.15, 0.2) is 0 Å². The molecule has 74 valence electrons. The highest BCUT2D eigenvalue weighted by Crippen LogP contribution is 2.28. The predicted octanol–water partition coefficient (Wildman–Crippen LogP) is 3.70. The molecule has 0 aromatic carbocycles. The lowest BCUT2D eigenvalue weighted by molar-refractivity contribution is -0.0947. The molecule has 12 heavy (non-hydrogen) atoms. The summed E-state index contributed by atoms with van der Waals surface area (Å²) in [7, 11) is 0. The second-order valence-electron chi connectivity index (χ2n) is 1.79. The Labute approximate surface area is 71.8 Å². The van der Waals surface area contributed by atoms with Crippen molar-refractivity contribution in [1.82, 2.24) is 0 Å². The fourth-order valence-corrected chi connectivity index (χ4v) is 0.107. The monoisotopic (exact) mass is 208 g/mol. The van der Waals surface area contributed by atoms with Crippen molar-refractivity contribution in [2.45, 2.75) is 13.1 Å². The first-order valence-corrected chi connectivity index (χ1v) is 4.39. The van der Waals surface area contributed by atoms with Crippen molar-refractivity contribution in [3.63, 3.8) is 0 Å². The number of thioether (sulfide) groups is 1. The van der Waals surface area contributed by atoms with Gasteiger partial charge in [0.1, 0.15) is 0 Å². The van der Waals surface area contributed by atoms with Gasteiger partial charge in [0.25, 0.3) is 6.08 Å². The maximum Gasteiger partial charge on any atom is 0.417 e. The summed E-state index contributed by atoms with van der Waals surface area (Å²) >= 11 is 1.75. The van der Waals surface area contributed by atoms with E-state index in [0.717, 1.165) is 0 Å². The Hall–Kier alpha value is -0.260. The van der Waals surface area contributed by atoms with E-state index in [1.807, 2.05) is 12.5 Å². The summed E-state index contributed by atoms with van der Waals surface area (Å²) in [5.41, 5.74) is -1.83. The second kappa shape index (κ2) is 6.28. The fraction of sp³-hybridized carbons (Fsp3) is 0.667. The molecule has 0 aromatic rings. The van der Waals surface area contributed by atoms with E-state index >= 15 is 0 Å². The molecule has 0 saturated carbocycles. The standard InChI is InChI=1S/C4H3F5.C2H6S/c1-2(3(5)6)4(7,8)9;1-3-2/h1H3;1-2H3. The number of hydrogen-bond donors (Lipinski definition) is 0. The average molecular weight is 208 g/mol. The number of rotatable bonds is 0. The van der Waals surface area contributed by atoms with Gasteiger partial charge in [-0.25, -0.2) is 0 Å². The minimum absolute atomic E-state index is 0.329. The molecule has 6 heteroatoms. The first-order valence-electron chi connectivity index (χ1n) is 2.76. The molecule has 0 aromatic heterocycles. The van der Waals surface area contributed by atoms with Gasteiger partial charge in [-0.3, -0.25) is 0 Å². The maximum atomic E-state index is 11.2. The molecule has 0 aliphatic rings. The van der Waals surface area contributed by atoms with Gasteiger partial charge in [-0.1, -0.05) is 0 Å². The second-order valence-corrected chi connectivity index (χ2v) is 2.61. The van der Waals surface area contributed by atoms with E-state index in [1.54, 1.807) is 11.8 Å². The molecule has 0 aliphatic heterocycles. The van der Waals surface area contributed by atoms with Crippen molar-refractivity contribution >= 4 is 11.8 Å². The van der Waals surface area contributed by atoms with Gasteiger partial charge in [0.2, 0.25) is 0 Å². The van der Waals surface area contributed by atoms with Crippen LogP contribution in [0.5, 0.6) is 0 Å². The Morgan fingerprint density at radius 3 is 1.33 bits per heavy atom. The summed E-state index contributed by atoms with van der Waals surface area (Å²) < 4.78 is 55.7. The first-order chi connectivity index (χ1) is 5.27. The summed E-state index contributed by atoms with van der Waals surface area (Å²) in [4.78, 5) is 0. The molecule has 0 amide bonds. The fourth-order valence-electron chi connectivity index (χ4n) is 0.107. The van der Waals surface area contributed by atoms with E-state index in [9.17, 15) is 22.0 Å². The van der Waals surface area contributed by atoms with Crippen LogP contribution in [0.25, 0.3) is 0 Å². The minimum Gasteiger partial charge on any atom is -0.173 e. The van der Waals surface area contributed by atoms with Gasteiger partial charge in [-0.05, 0) is 19.4 Å². The van der Waals surface area contributed by atoms with Crippen molar-refractivity contribution in [1.29, 1.82) is 0 Å². The minimum atomic E-state index is -4.89. The van der Waals surface area contributed by atoms with Crippen molar-refractivity contribution in [2.24, 2.45) is 0 Å². The number of halogens is 5. The van der Waals surface area contributed by atoms with Crippen LogP contribution in [0.4, 0.5) is 22.0 Å². The van der Waals surface area contributed by atoms with Gasteiger partial charge >= 0.3 is 6.18 Å². The zero-order valence-corrected chi connectivity index (χ0v) is 7.61. The third kappa shape index (κ3) is 7.84. The number of hydrogen-bond acceptors (Lipinski definition) is 1. The van der Waals surface area contributed by atoms with E-state index in [2.05, 4.69) is 0 Å². The van der Waals surface area contributed by atoms with Gasteiger partial charge in [0.05, 0.1) is 5.57 Å². The van der Waals surface area contributed by atoms with Gasteiger partial charge in [-0.15, -0.1) is 0 Å². The molecule has 0 fully saturated rings. The van der Waals surface area contributed by atoms with Crippen LogP contribution in [-0.2, 0) is 0 Å². The lowest BCUT2D eigenvalue weighted by Crippen LogP contribution is -2.09. The molecule has 0 heterocycles. The third-order valence-electron chi connectivity index (χ3n) is 0.709. The Morgan fingerprint density at radius 1 is 1.08 bits per heavy atom. The third-order valence-corrected chi connectivity index (χ3v) is 0.709. The molecule has 0 bridgehead atoms. The van der Waals surface area contributed by atoms with Crippen LogP contribution >= 0.6 is 11.8 Å². The van der Waals surface area contributed by atoms with Crippen molar-refractivity contribution in [3.8, 4) is 0 Å². The molecular weight excluding hydrogens is 199 g/mol. The molecule has 0 saturated heterocycles. The Kier molecular flexibility index (Phi) is 7.47. The predicted molar refractivity (Wildman–Crippen MR) is 40.4 cm³/mol. The number of allylic oxidation sites excluding steroid dienone is 1. The van der Waals surface area contributed by atoms with Crippen LogP contribution in [0.3, 0.4) is 0 Å². The van der Waals surface area contributed by atoms with E-state index in [0.29, 0.717) is 6.92 Å². The van der Waals surface area contributed by atoms with Crippen LogP contribution in [0, 0.1) is 0 Å². The molecule has 0 aliphatic carbocycles. The number of alkyl halides is 3. The van der Waals surface area contributed by atoms with Crippen LogP contribution < -0.4 is 0 Å². The van der Waals surface area contributed by atoms with Crippen LogP contribution in [0.2, 0.25) is 0 Å². The molecule has 0 unspecified atom stereocenters. The topological polar surface area (TPSA) is 0 Å². The molecule has 0 radical (unpaired) electrons. The average Bonchev–Trinajstić information content (AvgIpc) is 1.85. The molecule has 0 rings (SSSR count). The van der Waals surface area contributed by atoms with E-state index in [4.69, 9.17) is 0 Å². The highest BCUT2D eigenvalue weighted by atomic mass is 32.2. The highest BCUT2D eigenvalue weighted by molar-refractivity contribution is 7.97. The lowest BCUT2D eigenvalue weighted by Gasteiger charge is -2.02. The normalized spacial score (nSPS) is 10.0. The zero-order valence-electron chi connectivity index (χ0n) is 6.80. The van der Waals surface area contributed by atoms with Gasteiger partial charge in [-0.2, -0.15) is 33.7 Å². The largest absolute Gasteiger partial charge is 0.417 e. The zero-order chi connectivity index (χ0) is 10.4. The summed E-state index contributed by atoms with van der Waals surface area (Å²) in [5.74, 6) is 0. The SMILES string of the molecule is CC(=C(F)F)C(F)(F)F.CSC. The molecule has 0 N–H and O–H groups in total. The quantitative estimate of drug-likeness (QED) is 0.547. The van der Waals surface area contributed by atoms with Crippen molar-refractivity contribution in [3.05, 3.63) is 11.7 Å². The van der Waals surface area contributed by atoms with Crippen LogP contribution in [-0.4, -0.2) is 18.7 Å². The summed E-state index contributed by atoms with van der Waals surface area (Å²) in [6, 6.07) is 0. The Balaban J connectivity index is 0. The van der Waals surface area contributed by atoms with Crippen LogP contribution in [0.15, 0.2) is 11.7 Å². The lowest BCUT2D eigenvalue weighted by atomic mass is 10.3.